The van der Waals surface area contributed by atoms with E-state index in [0.717, 1.165) is 25.7 Å². The minimum Gasteiger partial charge on any atom is -0.388 e. The number of aromatic nitrogens is 1. The summed E-state index contributed by atoms with van der Waals surface area (Å²) >= 11 is 0. The highest BCUT2D eigenvalue weighted by molar-refractivity contribution is 5.93. The molecule has 1 saturated carbocycles. The fraction of sp³-hybridized carbons (Fsp3) is 0.438. The molecule has 1 aliphatic rings. The van der Waals surface area contributed by atoms with Gasteiger partial charge >= 0.3 is 11.6 Å². The first kappa shape index (κ1) is 13.8. The molecular weight excluding hydrogens is 268 g/mol. The first-order valence-corrected chi connectivity index (χ1v) is 7.34. The monoisotopic (exact) mass is 286 g/mol. The van der Waals surface area contributed by atoms with Gasteiger partial charge in [0.05, 0.1) is 10.9 Å². The maximum atomic E-state index is 12.5. The van der Waals surface area contributed by atoms with E-state index in [2.05, 4.69) is 4.98 Å². The number of carbonyl (C=O) groups excluding carboxylic acids is 1. The highest BCUT2D eigenvalue weighted by atomic mass is 16.4. The minimum absolute atomic E-state index is 0.0133. The van der Waals surface area contributed by atoms with Gasteiger partial charge in [0.1, 0.15) is 0 Å². The molecule has 0 spiro atoms. The molecule has 21 heavy (non-hydrogen) atoms. The molecule has 5 nitrogen and oxygen atoms in total. The van der Waals surface area contributed by atoms with Gasteiger partial charge < -0.3 is 4.42 Å². The molecule has 1 fully saturated rings. The van der Waals surface area contributed by atoms with Crippen LogP contribution in [0, 0.1) is 5.92 Å². The van der Waals surface area contributed by atoms with Gasteiger partial charge in [0.25, 0.3) is 0 Å². The predicted octanol–water partition coefficient (Wildman–Crippen LogP) is 2.73. The van der Waals surface area contributed by atoms with Crippen LogP contribution in [-0.4, -0.2) is 17.9 Å². The van der Waals surface area contributed by atoms with E-state index in [0.29, 0.717) is 10.9 Å². The molecule has 1 aromatic heterocycles. The molecule has 110 valence electrons. The highest BCUT2D eigenvalue weighted by Crippen LogP contribution is 2.26. The number of benzene rings is 1. The lowest BCUT2D eigenvalue weighted by Crippen LogP contribution is -2.35. The molecule has 1 heterocycles. The first-order valence-electron chi connectivity index (χ1n) is 7.34. The Bertz CT molecular complexity index is 717. The lowest BCUT2D eigenvalue weighted by atomic mass is 9.88. The van der Waals surface area contributed by atoms with Gasteiger partial charge in [-0.1, -0.05) is 31.4 Å². The summed E-state index contributed by atoms with van der Waals surface area (Å²) in [5, 5.41) is 0.430. The van der Waals surface area contributed by atoms with Crippen molar-refractivity contribution in [1.29, 1.82) is 0 Å². The Morgan fingerprint density at radius 3 is 2.71 bits per heavy atom. The molecule has 0 radical (unpaired) electrons. The molecule has 3 rings (SSSR count). The van der Waals surface area contributed by atoms with Crippen LogP contribution < -0.4 is 10.5 Å². The Kier molecular flexibility index (Phi) is 3.73. The third-order valence-electron chi connectivity index (χ3n) is 4.10. The molecule has 1 aromatic carbocycles. The summed E-state index contributed by atoms with van der Waals surface area (Å²) in [6.45, 7) is 0. The topological polar surface area (TPSA) is 63.4 Å². The fourth-order valence-corrected chi connectivity index (χ4v) is 2.87. The number of fused-ring (bicyclic) bond motifs is 1. The average molecular weight is 286 g/mol. The summed E-state index contributed by atoms with van der Waals surface area (Å²) in [6.07, 6.45) is 5.16. The Morgan fingerprint density at radius 1 is 1.24 bits per heavy atom. The second kappa shape index (κ2) is 5.68. The average Bonchev–Trinajstić information content (AvgIpc) is 2.54. The molecule has 0 atom stereocenters. The lowest BCUT2D eigenvalue weighted by Gasteiger charge is -2.24. The maximum absolute atomic E-state index is 12.5. The largest absolute Gasteiger partial charge is 0.388 e. The lowest BCUT2D eigenvalue weighted by molar-refractivity contribution is -0.123. The Labute approximate surface area is 122 Å². The van der Waals surface area contributed by atoms with Crippen LogP contribution in [0.5, 0.6) is 0 Å². The van der Waals surface area contributed by atoms with Crippen LogP contribution in [0.2, 0.25) is 0 Å². The van der Waals surface area contributed by atoms with Crippen LogP contribution in [0.3, 0.4) is 0 Å². The summed E-state index contributed by atoms with van der Waals surface area (Å²) in [5.74, 6) is 0.00273. The van der Waals surface area contributed by atoms with Gasteiger partial charge in [-0.3, -0.25) is 9.69 Å². The number of anilines is 1. The van der Waals surface area contributed by atoms with Gasteiger partial charge in [-0.15, -0.1) is 0 Å². The smallest absolute Gasteiger partial charge is 0.348 e. The normalized spacial score (nSPS) is 16.0. The van der Waals surface area contributed by atoms with Crippen LogP contribution in [0.15, 0.2) is 33.5 Å². The molecule has 1 aliphatic carbocycles. The van der Waals surface area contributed by atoms with Gasteiger partial charge in [0.2, 0.25) is 5.91 Å². The van der Waals surface area contributed by atoms with Crippen LogP contribution in [0.4, 0.5) is 6.01 Å². The van der Waals surface area contributed by atoms with Crippen molar-refractivity contribution < 1.29 is 9.21 Å². The summed E-state index contributed by atoms with van der Waals surface area (Å²) in [5.41, 5.74) is 0.0888. The molecule has 1 amide bonds. The zero-order chi connectivity index (χ0) is 14.8. The SMILES string of the molecule is CN(C(=O)C1CCCCC1)c1nc2ccccc2c(=O)o1. The van der Waals surface area contributed by atoms with Gasteiger partial charge in [0.15, 0.2) is 0 Å². The summed E-state index contributed by atoms with van der Waals surface area (Å²) in [6, 6.07) is 7.06. The number of amides is 1. The number of nitrogens with zero attached hydrogens (tertiary/aromatic N) is 2. The van der Waals surface area contributed by atoms with E-state index in [1.165, 1.54) is 11.3 Å². The predicted molar refractivity (Wildman–Crippen MR) is 80.3 cm³/mol. The molecule has 0 bridgehead atoms. The fourth-order valence-electron chi connectivity index (χ4n) is 2.87. The van der Waals surface area contributed by atoms with E-state index in [9.17, 15) is 9.59 Å². The quantitative estimate of drug-likeness (QED) is 0.851. The van der Waals surface area contributed by atoms with Gasteiger partial charge in [0, 0.05) is 13.0 Å². The van der Waals surface area contributed by atoms with Crippen LogP contribution in [-0.2, 0) is 4.79 Å². The second-order valence-corrected chi connectivity index (χ2v) is 5.53. The molecule has 5 heteroatoms. The Morgan fingerprint density at radius 2 is 1.95 bits per heavy atom. The van der Waals surface area contributed by atoms with E-state index < -0.39 is 5.63 Å². The maximum Gasteiger partial charge on any atom is 0.348 e. The summed E-state index contributed by atoms with van der Waals surface area (Å²) in [7, 11) is 1.62. The third kappa shape index (κ3) is 2.68. The summed E-state index contributed by atoms with van der Waals surface area (Å²) in [4.78, 5) is 30.1. The van der Waals surface area contributed by atoms with Gasteiger partial charge in [-0.25, -0.2) is 4.79 Å². The van der Waals surface area contributed by atoms with Crippen molar-refractivity contribution in [3.05, 3.63) is 34.7 Å². The molecule has 0 aliphatic heterocycles. The zero-order valence-corrected chi connectivity index (χ0v) is 12.0. The number of carbonyl (C=O) groups is 1. The van der Waals surface area contributed by atoms with Gasteiger partial charge in [-0.05, 0) is 25.0 Å². The van der Waals surface area contributed by atoms with Gasteiger partial charge in [-0.2, -0.15) is 4.98 Å². The zero-order valence-electron chi connectivity index (χ0n) is 12.0. The first-order chi connectivity index (χ1) is 10.2. The van der Waals surface area contributed by atoms with Crippen molar-refractivity contribution >= 4 is 22.8 Å². The van der Waals surface area contributed by atoms with Crippen molar-refractivity contribution in [2.24, 2.45) is 5.92 Å². The van der Waals surface area contributed by atoms with Crippen LogP contribution in [0.1, 0.15) is 32.1 Å². The number of rotatable bonds is 2. The molecular formula is C16H18N2O3. The van der Waals surface area contributed by atoms with E-state index in [-0.39, 0.29) is 17.8 Å². The second-order valence-electron chi connectivity index (χ2n) is 5.53. The number of hydrogen-bond donors (Lipinski definition) is 0. The van der Waals surface area contributed by atoms with Crippen molar-refractivity contribution in [2.45, 2.75) is 32.1 Å². The highest BCUT2D eigenvalue weighted by Gasteiger charge is 2.26. The Balaban J connectivity index is 1.92. The van der Waals surface area contributed by atoms with E-state index in [1.54, 1.807) is 25.2 Å². The molecule has 0 unspecified atom stereocenters. The van der Waals surface area contributed by atoms with Crippen molar-refractivity contribution in [3.8, 4) is 0 Å². The number of para-hydroxylation sites is 1. The van der Waals surface area contributed by atoms with Crippen LogP contribution in [0.25, 0.3) is 10.9 Å². The van der Waals surface area contributed by atoms with E-state index >= 15 is 0 Å². The molecule has 0 saturated heterocycles. The molecule has 2 aromatic rings. The minimum atomic E-state index is -0.459. The van der Waals surface area contributed by atoms with Crippen molar-refractivity contribution in [1.82, 2.24) is 4.98 Å². The Hall–Kier alpha value is -2.17. The third-order valence-corrected chi connectivity index (χ3v) is 4.10. The van der Waals surface area contributed by atoms with Crippen LogP contribution >= 0.6 is 0 Å². The number of hydrogen-bond acceptors (Lipinski definition) is 4. The standard InChI is InChI=1S/C16H18N2O3/c1-18(14(19)11-7-3-2-4-8-11)16-17-13-10-6-5-9-12(13)15(20)21-16/h5-6,9-11H,2-4,7-8H2,1H3. The van der Waals surface area contributed by atoms with Crippen molar-refractivity contribution in [3.63, 3.8) is 0 Å². The summed E-state index contributed by atoms with van der Waals surface area (Å²) < 4.78 is 5.20. The van der Waals surface area contributed by atoms with Crippen molar-refractivity contribution in [2.75, 3.05) is 11.9 Å². The molecule has 0 N–H and O–H groups in total. The van der Waals surface area contributed by atoms with E-state index in [4.69, 9.17) is 4.42 Å². The van der Waals surface area contributed by atoms with E-state index in [1.807, 2.05) is 6.07 Å².